The molecule has 104 valence electrons. The maximum absolute atomic E-state index is 11.8. The zero-order valence-electron chi connectivity index (χ0n) is 10.2. The van der Waals surface area contributed by atoms with Crippen molar-refractivity contribution in [3.05, 3.63) is 0 Å². The molecule has 2 nitrogen and oxygen atoms in total. The molecular weight excluding hydrogens is 322 g/mol. The molecule has 0 amide bonds. The lowest BCUT2D eigenvalue weighted by Gasteiger charge is -2.15. The summed E-state index contributed by atoms with van der Waals surface area (Å²) in [6, 6.07) is 0. The van der Waals surface area contributed by atoms with Crippen molar-refractivity contribution in [1.82, 2.24) is 0 Å². The van der Waals surface area contributed by atoms with Gasteiger partial charge in [-0.25, -0.2) is 0 Å². The average Bonchev–Trinajstić information content (AvgIpc) is 2.25. The second-order valence-electron chi connectivity index (χ2n) is 3.79. The van der Waals surface area contributed by atoms with Gasteiger partial charge in [-0.05, 0) is 24.1 Å². The van der Waals surface area contributed by atoms with Crippen molar-refractivity contribution in [2.24, 2.45) is 0 Å². The van der Waals surface area contributed by atoms with E-state index in [1.165, 1.54) is 0 Å². The van der Waals surface area contributed by atoms with Crippen molar-refractivity contribution in [2.45, 2.75) is 50.3 Å². The number of hydrogen-bond donors (Lipinski definition) is 0. The van der Waals surface area contributed by atoms with Crippen LogP contribution in [0.2, 0.25) is 0 Å². The third-order valence-corrected chi connectivity index (χ3v) is 7.10. The molecule has 0 fully saturated rings. The first-order valence-electron chi connectivity index (χ1n) is 5.78. The molecule has 0 aromatic heterocycles. The van der Waals surface area contributed by atoms with E-state index in [0.717, 1.165) is 37.1 Å². The normalized spacial score (nSPS) is 18.6. The molecular formula is C10H20Cl3O2PS. The van der Waals surface area contributed by atoms with E-state index < -0.39 is 5.92 Å². The molecule has 0 aromatic carbocycles. The highest BCUT2D eigenvalue weighted by molar-refractivity contribution is 8.63. The second kappa shape index (κ2) is 10.2. The standard InChI is InChI=1S/C10H20Cl3O2PS/c1-3-5-9(11)7-15-16(13,14)17-8-10(12)6-4-2/h9-10H,3-8H2,1-2H3. The Morgan fingerprint density at radius 1 is 1.18 bits per heavy atom. The lowest BCUT2D eigenvalue weighted by Crippen LogP contribution is -2.06. The maximum Gasteiger partial charge on any atom is 0.346 e. The van der Waals surface area contributed by atoms with Crippen LogP contribution in [0.25, 0.3) is 0 Å². The highest BCUT2D eigenvalue weighted by atomic mass is 35.7. The van der Waals surface area contributed by atoms with Crippen molar-refractivity contribution >= 4 is 51.7 Å². The summed E-state index contributed by atoms with van der Waals surface area (Å²) in [6.07, 6.45) is 3.69. The molecule has 3 atom stereocenters. The molecule has 0 heterocycles. The monoisotopic (exact) mass is 340 g/mol. The minimum atomic E-state index is -3.13. The van der Waals surface area contributed by atoms with Crippen LogP contribution in [0.3, 0.4) is 0 Å². The zero-order chi connectivity index (χ0) is 13.3. The van der Waals surface area contributed by atoms with Crippen LogP contribution in [0.4, 0.5) is 0 Å². The van der Waals surface area contributed by atoms with Gasteiger partial charge in [-0.2, -0.15) is 0 Å². The fourth-order valence-electron chi connectivity index (χ4n) is 1.17. The van der Waals surface area contributed by atoms with E-state index in [1.54, 1.807) is 0 Å². The summed E-state index contributed by atoms with van der Waals surface area (Å²) >= 11 is 18.9. The Labute approximate surface area is 123 Å². The van der Waals surface area contributed by atoms with Gasteiger partial charge in [0.1, 0.15) is 0 Å². The summed E-state index contributed by atoms with van der Waals surface area (Å²) in [4.78, 5) is 0. The number of rotatable bonds is 10. The van der Waals surface area contributed by atoms with Gasteiger partial charge in [-0.3, -0.25) is 4.57 Å². The largest absolute Gasteiger partial charge is 0.346 e. The van der Waals surface area contributed by atoms with E-state index in [2.05, 4.69) is 6.92 Å². The Morgan fingerprint density at radius 2 is 1.71 bits per heavy atom. The first-order chi connectivity index (χ1) is 7.91. The summed E-state index contributed by atoms with van der Waals surface area (Å²) in [5, 5.41) is -0.141. The van der Waals surface area contributed by atoms with Gasteiger partial charge in [0.2, 0.25) is 0 Å². The van der Waals surface area contributed by atoms with Crippen LogP contribution in [0.15, 0.2) is 0 Å². The minimum absolute atomic E-state index is 0.0110. The first-order valence-corrected chi connectivity index (χ1v) is 10.8. The Balaban J connectivity index is 3.83. The molecule has 0 aromatic rings. The van der Waals surface area contributed by atoms with Crippen molar-refractivity contribution in [3.63, 3.8) is 0 Å². The van der Waals surface area contributed by atoms with Gasteiger partial charge in [0.15, 0.2) is 0 Å². The van der Waals surface area contributed by atoms with Crippen molar-refractivity contribution in [3.8, 4) is 0 Å². The Bertz CT molecular complexity index is 224. The predicted molar refractivity (Wildman–Crippen MR) is 81.0 cm³/mol. The fraction of sp³-hybridized carbons (Fsp3) is 1.00. The van der Waals surface area contributed by atoms with Crippen molar-refractivity contribution < 1.29 is 9.09 Å². The van der Waals surface area contributed by atoms with Crippen LogP contribution >= 0.6 is 51.7 Å². The second-order valence-corrected chi connectivity index (χ2v) is 10.9. The number of halogens is 3. The minimum Gasteiger partial charge on any atom is -0.308 e. The highest BCUT2D eigenvalue weighted by Gasteiger charge is 2.23. The third-order valence-electron chi connectivity index (χ3n) is 2.02. The lowest BCUT2D eigenvalue weighted by molar-refractivity contribution is 0.326. The van der Waals surface area contributed by atoms with Crippen LogP contribution in [-0.4, -0.2) is 23.1 Å². The smallest absolute Gasteiger partial charge is 0.308 e. The first kappa shape index (κ1) is 18.4. The summed E-state index contributed by atoms with van der Waals surface area (Å²) in [6.45, 7) is 4.32. The van der Waals surface area contributed by atoms with Gasteiger partial charge in [0.25, 0.3) is 0 Å². The molecule has 0 rings (SSSR count). The van der Waals surface area contributed by atoms with E-state index >= 15 is 0 Å². The molecule has 0 saturated carbocycles. The molecule has 0 spiro atoms. The van der Waals surface area contributed by atoms with Crippen LogP contribution in [0.5, 0.6) is 0 Å². The summed E-state index contributed by atoms with van der Waals surface area (Å²) < 4.78 is 17.0. The zero-order valence-corrected chi connectivity index (χ0v) is 14.2. The molecule has 0 bridgehead atoms. The van der Waals surface area contributed by atoms with Crippen LogP contribution in [0, 0.1) is 0 Å². The summed E-state index contributed by atoms with van der Waals surface area (Å²) in [5.74, 6) is -2.59. The Hall–Kier alpha value is 1.41. The van der Waals surface area contributed by atoms with E-state index in [1.807, 2.05) is 6.92 Å². The molecule has 7 heteroatoms. The maximum atomic E-state index is 11.8. The molecule has 0 aliphatic rings. The van der Waals surface area contributed by atoms with Crippen LogP contribution in [-0.2, 0) is 9.09 Å². The summed E-state index contributed by atoms with van der Waals surface area (Å²) in [7, 11) is 0. The lowest BCUT2D eigenvalue weighted by atomic mass is 10.3. The third kappa shape index (κ3) is 11.0. The van der Waals surface area contributed by atoms with Crippen LogP contribution in [0.1, 0.15) is 39.5 Å². The van der Waals surface area contributed by atoms with Gasteiger partial charge in [0, 0.05) is 11.1 Å². The van der Waals surface area contributed by atoms with Crippen LogP contribution < -0.4 is 0 Å². The fourth-order valence-corrected chi connectivity index (χ4v) is 5.31. The molecule has 3 unspecified atom stereocenters. The van der Waals surface area contributed by atoms with E-state index in [0.29, 0.717) is 5.75 Å². The average molecular weight is 342 g/mol. The number of hydrogen-bond acceptors (Lipinski definition) is 3. The Kier molecular flexibility index (Phi) is 11.1. The molecule has 0 aliphatic heterocycles. The van der Waals surface area contributed by atoms with E-state index in [-0.39, 0.29) is 17.4 Å². The van der Waals surface area contributed by atoms with Gasteiger partial charge >= 0.3 is 5.92 Å². The van der Waals surface area contributed by atoms with E-state index in [4.69, 9.17) is 39.0 Å². The van der Waals surface area contributed by atoms with Gasteiger partial charge in [0.05, 0.1) is 12.0 Å². The number of alkyl halides is 2. The molecule has 0 aliphatic carbocycles. The quantitative estimate of drug-likeness (QED) is 0.365. The SMILES string of the molecule is CCCC(Cl)COP(=O)(Cl)SCC(Cl)CCC. The van der Waals surface area contributed by atoms with Crippen molar-refractivity contribution in [2.75, 3.05) is 12.4 Å². The molecule has 0 radical (unpaired) electrons. The predicted octanol–water partition coefficient (Wildman–Crippen LogP) is 5.90. The van der Waals surface area contributed by atoms with Gasteiger partial charge in [-0.15, -0.1) is 23.2 Å². The van der Waals surface area contributed by atoms with Gasteiger partial charge in [-0.1, -0.05) is 38.1 Å². The molecule has 0 N–H and O–H groups in total. The Morgan fingerprint density at radius 3 is 2.24 bits per heavy atom. The van der Waals surface area contributed by atoms with Gasteiger partial charge < -0.3 is 4.52 Å². The molecule has 17 heavy (non-hydrogen) atoms. The summed E-state index contributed by atoms with van der Waals surface area (Å²) in [5.41, 5.74) is 0. The van der Waals surface area contributed by atoms with E-state index in [9.17, 15) is 4.57 Å². The molecule has 0 saturated heterocycles. The van der Waals surface area contributed by atoms with Crippen molar-refractivity contribution in [1.29, 1.82) is 0 Å². The highest BCUT2D eigenvalue weighted by Crippen LogP contribution is 2.64. The topological polar surface area (TPSA) is 26.3 Å².